The number of carboxylic acid groups (broad SMARTS) is 5. The van der Waals surface area contributed by atoms with E-state index >= 15 is 0 Å². The van der Waals surface area contributed by atoms with Crippen molar-refractivity contribution in [1.29, 1.82) is 0 Å². The number of rotatable bonds is 23. The lowest BCUT2D eigenvalue weighted by Crippen LogP contribution is -2.26. The third-order valence-corrected chi connectivity index (χ3v) is 18.5. The van der Waals surface area contributed by atoms with Gasteiger partial charge < -0.3 is 44.5 Å². The third kappa shape index (κ3) is 20.4. The van der Waals surface area contributed by atoms with Gasteiger partial charge in [0.2, 0.25) is 0 Å². The zero-order valence-corrected chi connectivity index (χ0v) is 57.3. The molecule has 0 aliphatic carbocycles. The summed E-state index contributed by atoms with van der Waals surface area (Å²) in [5.41, 5.74) is 15.0. The van der Waals surface area contributed by atoms with Gasteiger partial charge in [-0.15, -0.1) is 0 Å². The maximum Gasteiger partial charge on any atom is 0.336 e. The van der Waals surface area contributed by atoms with Crippen molar-refractivity contribution in [2.24, 2.45) is 0 Å². The molecule has 105 heavy (non-hydrogen) atoms. The molecule has 0 spiro atoms. The number of carboxylic acids is 5. The predicted molar refractivity (Wildman–Crippen MR) is 401 cm³/mol. The van der Waals surface area contributed by atoms with Gasteiger partial charge in [-0.2, -0.15) is 0 Å². The van der Waals surface area contributed by atoms with E-state index in [0.29, 0.717) is 42.0 Å². The zero-order valence-electron chi connectivity index (χ0n) is 56.4. The van der Waals surface area contributed by atoms with Crippen molar-refractivity contribution in [3.8, 4) is 56.4 Å². The summed E-state index contributed by atoms with van der Waals surface area (Å²) >= 11 is 0. The highest BCUT2D eigenvalue weighted by Crippen LogP contribution is 2.40. The highest BCUT2D eigenvalue weighted by molar-refractivity contribution is 7.80. The van der Waals surface area contributed by atoms with Crippen LogP contribution in [0.1, 0.15) is 90.7 Å². The Morgan fingerprint density at radius 3 is 0.943 bits per heavy atom. The lowest BCUT2D eigenvalue weighted by Gasteiger charge is -2.21. The molecule has 0 radical (unpaired) electrons. The van der Waals surface area contributed by atoms with Gasteiger partial charge in [-0.25, -0.2) is 24.0 Å². The molecule has 0 saturated carbocycles. The van der Waals surface area contributed by atoms with Gasteiger partial charge in [0.05, 0.1) is 27.8 Å². The molecular formula is C86H65O18P. The molecule has 0 bridgehead atoms. The molecule has 18 nitrogen and oxygen atoms in total. The maximum atomic E-state index is 11.7. The van der Waals surface area contributed by atoms with Crippen LogP contribution < -0.4 is 34.9 Å². The van der Waals surface area contributed by atoms with Gasteiger partial charge in [0.1, 0.15) is 23.0 Å². The summed E-state index contributed by atoms with van der Waals surface area (Å²) in [7, 11) is -1.18. The van der Waals surface area contributed by atoms with E-state index in [1.807, 2.05) is 140 Å². The van der Waals surface area contributed by atoms with Crippen molar-refractivity contribution in [3.05, 3.63) is 352 Å². The zero-order chi connectivity index (χ0) is 74.9. The van der Waals surface area contributed by atoms with Gasteiger partial charge in [-0.1, -0.05) is 181 Å². The average molecular weight is 1420 g/mol. The number of carbonyl (C=O) groups excluding carboxylic acids is 4. The van der Waals surface area contributed by atoms with E-state index in [2.05, 4.69) is 54.1 Å². The van der Waals surface area contributed by atoms with E-state index < -0.39 is 37.8 Å². The lowest BCUT2D eigenvalue weighted by atomic mass is 9.85. The van der Waals surface area contributed by atoms with Gasteiger partial charge in [0, 0.05) is 5.30 Å². The van der Waals surface area contributed by atoms with Gasteiger partial charge in [0.15, 0.2) is 0 Å². The molecule has 0 aliphatic rings. The molecule has 0 amide bonds. The molecular weight excluding hydrogens is 1350 g/mol. The Hall–Kier alpha value is -14.0. The second-order valence-corrected chi connectivity index (χ2v) is 25.3. The van der Waals surface area contributed by atoms with E-state index in [9.17, 15) is 63.6 Å². The fourth-order valence-electron chi connectivity index (χ4n) is 11.0. The molecule has 5 N–H and O–H groups in total. The summed E-state index contributed by atoms with van der Waals surface area (Å²) in [4.78, 5) is 98.4. The second kappa shape index (κ2) is 36.4. The van der Waals surface area contributed by atoms with E-state index in [4.69, 9.17) is 19.3 Å². The highest BCUT2D eigenvalue weighted by Gasteiger charge is 2.25. The summed E-state index contributed by atoms with van der Waals surface area (Å²) in [5.74, 6) is -3.58. The van der Waals surface area contributed by atoms with Crippen LogP contribution >= 0.6 is 7.92 Å². The summed E-state index contributed by atoms with van der Waals surface area (Å²) in [5, 5.41) is 48.6. The molecule has 0 saturated heterocycles. The van der Waals surface area contributed by atoms with Crippen LogP contribution in [0.5, 0.6) is 23.0 Å². The van der Waals surface area contributed by atoms with E-state index in [0.717, 1.165) is 88.5 Å². The molecule has 12 rings (SSSR count). The third-order valence-electron chi connectivity index (χ3n) is 16.0. The summed E-state index contributed by atoms with van der Waals surface area (Å²) < 4.78 is 19.4. The van der Waals surface area contributed by atoms with Gasteiger partial charge in [-0.3, -0.25) is 19.2 Å². The van der Waals surface area contributed by atoms with Crippen LogP contribution in [-0.2, 0) is 19.2 Å². The SMILES string of the molecule is Cc1cc(OC=O)cc(C(=O)O)c1.Cc1ccc(-c2cc(-c3ccc(OC=O)cc3)cc(-c3ccc(C(=O)O)cc3)c2)cc1.Cc1ccc(C(=C(c2ccc(OC=O)cc2)c2ccc(OC=O)cc2)c2ccc(C(=O)O)cc2)cc1.O=C(O)c1ccc(C(=O)O)c(P(c2ccccc2)c2ccccc2)c1. The molecule has 0 atom stereocenters. The molecule has 0 heterocycles. The molecule has 522 valence electrons. The summed E-state index contributed by atoms with van der Waals surface area (Å²) in [6.07, 6.45) is 0. The van der Waals surface area contributed by atoms with Crippen molar-refractivity contribution in [2.75, 3.05) is 0 Å². The van der Waals surface area contributed by atoms with Crippen molar-refractivity contribution in [1.82, 2.24) is 0 Å². The van der Waals surface area contributed by atoms with Crippen molar-refractivity contribution in [3.63, 3.8) is 0 Å². The standard InChI is InChI=1S/C30H22O6.C27H20O4.C20H15O4P.C9H8O4/c1-20-2-4-21(5-3-20)28(22-6-8-25(9-7-22)30(33)34)29(23-10-14-26(15-11-23)35-18-31)24-12-16-27(17-13-24)36-19-32;1-18-2-4-19(5-3-18)23-14-24(20-6-8-22(9-7-20)27(29)30)16-25(15-23)21-10-12-26(13-11-21)31-17-28;21-19(22)14-11-12-17(20(23)24)18(13-14)25(15-7-3-1-4-8-15)16-9-5-2-6-10-16;1-6-2-7(9(11)12)4-8(3-6)13-5-10/h2-19H,1H3,(H,33,34);2-17H,1H3,(H,29,30);1-13H,(H,21,22)(H,23,24);2-5H,1H3,(H,11,12). The highest BCUT2D eigenvalue weighted by atomic mass is 31.1. The molecule has 0 aliphatic heterocycles. The van der Waals surface area contributed by atoms with Crippen molar-refractivity contribution in [2.45, 2.75) is 20.8 Å². The molecule has 0 unspecified atom stereocenters. The minimum atomic E-state index is -1.18. The predicted octanol–water partition coefficient (Wildman–Crippen LogP) is 16.1. The fraction of sp³-hybridized carbons (Fsp3) is 0.0349. The van der Waals surface area contributed by atoms with Crippen LogP contribution in [-0.4, -0.2) is 81.3 Å². The number of aromatic carboxylic acids is 5. The molecule has 12 aromatic rings. The van der Waals surface area contributed by atoms with Crippen LogP contribution in [0.4, 0.5) is 0 Å². The number of benzene rings is 12. The number of carbonyl (C=O) groups is 9. The molecule has 19 heteroatoms. The topological polar surface area (TPSA) is 292 Å². The Kier molecular flexibility index (Phi) is 26.1. The normalized spacial score (nSPS) is 10.3. The van der Waals surface area contributed by atoms with E-state index in [1.165, 1.54) is 35.9 Å². The first-order valence-corrected chi connectivity index (χ1v) is 33.4. The minimum Gasteiger partial charge on any atom is -0.478 e. The smallest absolute Gasteiger partial charge is 0.336 e. The van der Waals surface area contributed by atoms with Crippen LogP contribution in [0.2, 0.25) is 0 Å². The Morgan fingerprint density at radius 1 is 0.267 bits per heavy atom. The number of hydrogen-bond acceptors (Lipinski definition) is 13. The summed E-state index contributed by atoms with van der Waals surface area (Å²) in [6, 6.07) is 85.5. The molecule has 0 aromatic heterocycles. The second-order valence-electron chi connectivity index (χ2n) is 23.2. The van der Waals surface area contributed by atoms with E-state index in [-0.39, 0.29) is 40.0 Å². The van der Waals surface area contributed by atoms with Crippen molar-refractivity contribution < 1.29 is 87.6 Å². The largest absolute Gasteiger partial charge is 0.478 e. The molecule has 12 aromatic carbocycles. The Bertz CT molecular complexity index is 5010. The average Bonchev–Trinajstić information content (AvgIpc) is 0.854. The Morgan fingerprint density at radius 2 is 0.571 bits per heavy atom. The number of ether oxygens (including phenoxy) is 4. The number of aryl methyl sites for hydroxylation is 3. The van der Waals surface area contributed by atoms with Gasteiger partial charge >= 0.3 is 29.8 Å². The van der Waals surface area contributed by atoms with E-state index in [1.54, 1.807) is 85.8 Å². The monoisotopic (exact) mass is 1420 g/mol. The van der Waals surface area contributed by atoms with Crippen LogP contribution in [0.15, 0.2) is 285 Å². The van der Waals surface area contributed by atoms with Gasteiger partial charge in [0.25, 0.3) is 25.9 Å². The first-order valence-electron chi connectivity index (χ1n) is 32.0. The van der Waals surface area contributed by atoms with Crippen LogP contribution in [0, 0.1) is 20.8 Å². The first kappa shape index (κ1) is 75.2. The minimum absolute atomic E-state index is 0.0827. The first-order chi connectivity index (χ1) is 50.7. The van der Waals surface area contributed by atoms with Crippen LogP contribution in [0.3, 0.4) is 0 Å². The summed E-state index contributed by atoms with van der Waals surface area (Å²) in [6.45, 7) is 7.21. The number of hydrogen-bond donors (Lipinski definition) is 5. The van der Waals surface area contributed by atoms with Gasteiger partial charge in [-0.05, 0) is 227 Å². The maximum absolute atomic E-state index is 11.7. The quantitative estimate of drug-likeness (QED) is 0.0226. The van der Waals surface area contributed by atoms with Crippen molar-refractivity contribution >= 4 is 90.7 Å². The van der Waals surface area contributed by atoms with Crippen LogP contribution in [0.25, 0.3) is 44.5 Å². The Balaban J connectivity index is 0.000000170. The Labute approximate surface area is 604 Å². The lowest BCUT2D eigenvalue weighted by molar-refractivity contribution is -0.121. The molecule has 0 fully saturated rings. The fourth-order valence-corrected chi connectivity index (χ4v) is 13.5.